The minimum Gasteiger partial charge on any atom is -0.497 e. The standard InChI is InChI=1S/C17H16N2O4/c1-23-14-9-5-6-12(10-14)11-15(20)16(19-22)17(21)18-13-7-3-2-4-8-13/h2-10,16H,11H2,1H3,(H,18,21). The van der Waals surface area contributed by atoms with Gasteiger partial charge >= 0.3 is 0 Å². The molecule has 1 atom stereocenters. The molecule has 0 radical (unpaired) electrons. The van der Waals surface area contributed by atoms with E-state index in [0.29, 0.717) is 17.0 Å². The van der Waals surface area contributed by atoms with E-state index in [1.165, 1.54) is 7.11 Å². The molecule has 0 aromatic heterocycles. The molecule has 1 unspecified atom stereocenters. The zero-order valence-electron chi connectivity index (χ0n) is 12.6. The lowest BCUT2D eigenvalue weighted by molar-refractivity contribution is -0.126. The van der Waals surface area contributed by atoms with Crippen molar-refractivity contribution in [3.63, 3.8) is 0 Å². The third-order valence-electron chi connectivity index (χ3n) is 3.21. The number of benzene rings is 2. The van der Waals surface area contributed by atoms with Gasteiger partial charge in [0.25, 0.3) is 5.91 Å². The van der Waals surface area contributed by atoms with Crippen molar-refractivity contribution in [3.05, 3.63) is 65.1 Å². The van der Waals surface area contributed by atoms with Gasteiger partial charge in [-0.25, -0.2) is 0 Å². The van der Waals surface area contributed by atoms with E-state index in [1.54, 1.807) is 54.6 Å². The summed E-state index contributed by atoms with van der Waals surface area (Å²) in [5.41, 5.74) is 1.15. The Morgan fingerprint density at radius 1 is 1.13 bits per heavy atom. The minimum absolute atomic E-state index is 0.0736. The third-order valence-corrected chi connectivity index (χ3v) is 3.21. The van der Waals surface area contributed by atoms with Crippen LogP contribution >= 0.6 is 0 Å². The molecule has 0 heterocycles. The second kappa shape index (κ2) is 7.84. The predicted molar refractivity (Wildman–Crippen MR) is 86.4 cm³/mol. The summed E-state index contributed by atoms with van der Waals surface area (Å²) < 4.78 is 5.07. The van der Waals surface area contributed by atoms with E-state index in [4.69, 9.17) is 4.74 Å². The van der Waals surface area contributed by atoms with Gasteiger partial charge in [-0.3, -0.25) is 9.59 Å². The van der Waals surface area contributed by atoms with Crippen LogP contribution in [0.15, 0.2) is 59.8 Å². The van der Waals surface area contributed by atoms with Crippen LogP contribution in [0, 0.1) is 4.91 Å². The van der Waals surface area contributed by atoms with Gasteiger partial charge in [-0.15, -0.1) is 4.91 Å². The largest absolute Gasteiger partial charge is 0.497 e. The molecule has 2 rings (SSSR count). The monoisotopic (exact) mass is 312 g/mol. The molecule has 2 aromatic rings. The lowest BCUT2D eigenvalue weighted by atomic mass is 10.0. The fourth-order valence-corrected chi connectivity index (χ4v) is 2.07. The van der Waals surface area contributed by atoms with E-state index in [9.17, 15) is 14.5 Å². The van der Waals surface area contributed by atoms with Crippen molar-refractivity contribution in [2.24, 2.45) is 5.18 Å². The molecule has 23 heavy (non-hydrogen) atoms. The summed E-state index contributed by atoms with van der Waals surface area (Å²) in [5, 5.41) is 5.18. The summed E-state index contributed by atoms with van der Waals surface area (Å²) in [6, 6.07) is 13.9. The SMILES string of the molecule is COc1cccc(CC(=O)C(N=O)C(=O)Nc2ccccc2)c1. The summed E-state index contributed by atoms with van der Waals surface area (Å²) >= 11 is 0. The zero-order chi connectivity index (χ0) is 16.7. The highest BCUT2D eigenvalue weighted by Crippen LogP contribution is 2.15. The van der Waals surface area contributed by atoms with Gasteiger partial charge in [0.05, 0.1) is 7.11 Å². The summed E-state index contributed by atoms with van der Waals surface area (Å²) in [5.74, 6) is -0.708. The Hall–Kier alpha value is -3.02. The first-order chi connectivity index (χ1) is 11.1. The molecule has 1 N–H and O–H groups in total. The maximum atomic E-state index is 12.2. The molecule has 0 saturated carbocycles. The van der Waals surface area contributed by atoms with Crippen LogP contribution in [-0.4, -0.2) is 24.8 Å². The van der Waals surface area contributed by atoms with Crippen molar-refractivity contribution >= 4 is 17.4 Å². The Morgan fingerprint density at radius 3 is 2.52 bits per heavy atom. The van der Waals surface area contributed by atoms with Crippen molar-refractivity contribution in [2.45, 2.75) is 12.5 Å². The molecule has 1 amide bonds. The van der Waals surface area contributed by atoms with Crippen molar-refractivity contribution in [2.75, 3.05) is 12.4 Å². The average molecular weight is 312 g/mol. The van der Waals surface area contributed by atoms with E-state index in [-0.39, 0.29) is 6.42 Å². The number of carbonyl (C=O) groups is 2. The Morgan fingerprint density at radius 2 is 1.87 bits per heavy atom. The lowest BCUT2D eigenvalue weighted by Gasteiger charge is -2.10. The first kappa shape index (κ1) is 16.4. The first-order valence-corrected chi connectivity index (χ1v) is 6.98. The van der Waals surface area contributed by atoms with Gasteiger partial charge in [-0.05, 0) is 35.0 Å². The second-order valence-corrected chi connectivity index (χ2v) is 4.86. The molecule has 0 aliphatic carbocycles. The molecule has 2 aromatic carbocycles. The van der Waals surface area contributed by atoms with Crippen molar-refractivity contribution < 1.29 is 14.3 Å². The molecule has 0 saturated heterocycles. The smallest absolute Gasteiger partial charge is 0.260 e. The summed E-state index contributed by atoms with van der Waals surface area (Å²) in [4.78, 5) is 35.2. The molecule has 118 valence electrons. The first-order valence-electron chi connectivity index (χ1n) is 6.98. The number of ketones is 1. The number of nitroso groups, excluding NO2 is 1. The van der Waals surface area contributed by atoms with Gasteiger partial charge in [-0.2, -0.15) is 0 Å². The number of hydrogen-bond donors (Lipinski definition) is 1. The molecule has 0 bridgehead atoms. The fourth-order valence-electron chi connectivity index (χ4n) is 2.07. The number of anilines is 1. The molecule has 0 fully saturated rings. The Labute approximate surface area is 133 Å². The van der Waals surface area contributed by atoms with Gasteiger partial charge in [0.15, 0.2) is 5.78 Å². The van der Waals surface area contributed by atoms with E-state index in [2.05, 4.69) is 10.5 Å². The van der Waals surface area contributed by atoms with Gasteiger partial charge in [-0.1, -0.05) is 30.3 Å². The molecular formula is C17H16N2O4. The number of carbonyl (C=O) groups excluding carboxylic acids is 2. The average Bonchev–Trinajstić information content (AvgIpc) is 2.56. The second-order valence-electron chi connectivity index (χ2n) is 4.86. The van der Waals surface area contributed by atoms with Crippen LogP contribution in [0.2, 0.25) is 0 Å². The van der Waals surface area contributed by atoms with Crippen LogP contribution in [0.3, 0.4) is 0 Å². The quantitative estimate of drug-likeness (QED) is 0.629. The fraction of sp³-hybridized carbons (Fsp3) is 0.176. The Bertz CT molecular complexity index is 701. The van der Waals surface area contributed by atoms with Crippen molar-refractivity contribution in [1.82, 2.24) is 0 Å². The maximum absolute atomic E-state index is 12.2. The third kappa shape index (κ3) is 4.47. The highest BCUT2D eigenvalue weighted by Gasteiger charge is 2.27. The number of nitrogens with one attached hydrogen (secondary N) is 1. The summed E-state index contributed by atoms with van der Waals surface area (Å²) in [6.07, 6.45) is -0.0736. The molecular weight excluding hydrogens is 296 g/mol. The van der Waals surface area contributed by atoms with Gasteiger partial charge < -0.3 is 10.1 Å². The van der Waals surface area contributed by atoms with E-state index in [1.807, 2.05) is 0 Å². The maximum Gasteiger partial charge on any atom is 0.260 e. The number of hydrogen-bond acceptors (Lipinski definition) is 5. The van der Waals surface area contributed by atoms with Gasteiger partial charge in [0.1, 0.15) is 5.75 Å². The normalized spacial score (nSPS) is 11.3. The number of para-hydroxylation sites is 1. The van der Waals surface area contributed by atoms with Crippen molar-refractivity contribution in [3.8, 4) is 5.75 Å². The number of nitrogens with zero attached hydrogens (tertiary/aromatic N) is 1. The number of ether oxygens (including phenoxy) is 1. The van der Waals surface area contributed by atoms with E-state index in [0.717, 1.165) is 0 Å². The molecule has 0 spiro atoms. The van der Waals surface area contributed by atoms with Crippen LogP contribution in [0.5, 0.6) is 5.75 Å². The molecule has 0 aliphatic rings. The zero-order valence-corrected chi connectivity index (χ0v) is 12.6. The summed E-state index contributed by atoms with van der Waals surface area (Å²) in [7, 11) is 1.52. The van der Waals surface area contributed by atoms with Crippen LogP contribution < -0.4 is 10.1 Å². The van der Waals surface area contributed by atoms with E-state index >= 15 is 0 Å². The highest BCUT2D eigenvalue weighted by molar-refractivity contribution is 6.11. The highest BCUT2D eigenvalue weighted by atomic mass is 16.5. The predicted octanol–water partition coefficient (Wildman–Crippen LogP) is 2.58. The number of methoxy groups -OCH3 is 1. The minimum atomic E-state index is -1.58. The van der Waals surface area contributed by atoms with Crippen LogP contribution in [0.1, 0.15) is 5.56 Å². The van der Waals surface area contributed by atoms with Gasteiger partial charge in [0.2, 0.25) is 6.04 Å². The number of Topliss-reactive ketones (excluding diaryl/α,β-unsaturated/α-hetero) is 1. The topological polar surface area (TPSA) is 84.8 Å². The molecule has 0 aliphatic heterocycles. The van der Waals surface area contributed by atoms with E-state index < -0.39 is 17.7 Å². The Balaban J connectivity index is 2.05. The van der Waals surface area contributed by atoms with Gasteiger partial charge in [0, 0.05) is 12.1 Å². The number of rotatable bonds is 7. The summed E-state index contributed by atoms with van der Waals surface area (Å²) in [6.45, 7) is 0. The van der Waals surface area contributed by atoms with Crippen molar-refractivity contribution in [1.29, 1.82) is 0 Å². The van der Waals surface area contributed by atoms with Crippen LogP contribution in [0.25, 0.3) is 0 Å². The number of amides is 1. The molecule has 6 heteroatoms. The van der Waals surface area contributed by atoms with Crippen LogP contribution in [-0.2, 0) is 16.0 Å². The lowest BCUT2D eigenvalue weighted by Crippen LogP contribution is -2.34. The Kier molecular flexibility index (Phi) is 5.57. The van der Waals surface area contributed by atoms with Crippen LogP contribution in [0.4, 0.5) is 5.69 Å². The molecule has 6 nitrogen and oxygen atoms in total.